The number of nitrogens with zero attached hydrogens (tertiary/aromatic N) is 1. The summed E-state index contributed by atoms with van der Waals surface area (Å²) in [5.41, 5.74) is 6.91. The van der Waals surface area contributed by atoms with Crippen LogP contribution in [-0.4, -0.2) is 83.5 Å². The van der Waals surface area contributed by atoms with Gasteiger partial charge in [-0.3, -0.25) is 28.9 Å². The minimum Gasteiger partial charge on any atom is -0.449 e. The minimum absolute atomic E-state index is 0.0690. The van der Waals surface area contributed by atoms with Crippen LogP contribution < -0.4 is 26.6 Å². The molecule has 4 aromatic rings. The average Bonchev–Trinajstić information content (AvgIpc) is 3.76. The number of hydrogen-bond donors (Lipinski definition) is 5. The van der Waals surface area contributed by atoms with Gasteiger partial charge in [0, 0.05) is 17.3 Å². The normalized spacial score (nSPS) is 25.5. The van der Waals surface area contributed by atoms with Crippen LogP contribution in [0.4, 0.5) is 21.0 Å². The SMILES string of the molecule is CC(C)[C@H](NC(=O)OC(C)(C)C)C(=O)N[C@@H](C)C(=O)Nc1ccc2c(c1)[C@@]1(C)CCC[C@](C)(N(C=O)C(=O)[C@@]3(C)CCC[C@]4(C)c5cc(NC(=O)CNC(=O)OCC6c7ccccc7-c7ccccc76)ccc5CC[C@@H]34)[C@@H]1CC2. The third-order valence-corrected chi connectivity index (χ3v) is 18.7. The minimum atomic E-state index is -0.930. The quantitative estimate of drug-likeness (QED) is 0.0762. The van der Waals surface area contributed by atoms with E-state index in [9.17, 15) is 28.8 Å². The van der Waals surface area contributed by atoms with Crippen molar-refractivity contribution < 1.29 is 43.0 Å². The number of rotatable bonds is 14. The molecule has 0 radical (unpaired) electrons. The Balaban J connectivity index is 0.854. The summed E-state index contributed by atoms with van der Waals surface area (Å²) in [7, 11) is 0. The molecule has 0 spiro atoms. The number of carbonyl (C=O) groups is 7. The molecule has 5 aliphatic rings. The lowest BCUT2D eigenvalue weighted by Crippen LogP contribution is -2.66. The summed E-state index contributed by atoms with van der Waals surface area (Å²) in [5, 5.41) is 14.1. The molecule has 0 bridgehead atoms. The highest BCUT2D eigenvalue weighted by Crippen LogP contribution is 2.61. The van der Waals surface area contributed by atoms with Crippen molar-refractivity contribution >= 4 is 53.6 Å². The van der Waals surface area contributed by atoms with Crippen LogP contribution in [0, 0.1) is 23.2 Å². The number of fused-ring (bicyclic) bond motifs is 9. The zero-order valence-corrected chi connectivity index (χ0v) is 47.7. The number of hydrogen-bond acceptors (Lipinski definition) is 9. The Hall–Kier alpha value is -7.03. The summed E-state index contributed by atoms with van der Waals surface area (Å²) in [6.07, 6.45) is 7.01. The Bertz CT molecular complexity index is 3010. The second kappa shape index (κ2) is 21.9. The zero-order valence-electron chi connectivity index (χ0n) is 47.7. The van der Waals surface area contributed by atoms with E-state index in [1.165, 1.54) is 5.56 Å². The molecule has 8 atom stereocenters. The molecule has 7 amide bonds. The molecule has 15 nitrogen and oxygen atoms in total. The number of aryl methyl sites for hydroxylation is 2. The highest BCUT2D eigenvalue weighted by molar-refractivity contribution is 5.98. The molecule has 2 saturated carbocycles. The number of carbonyl (C=O) groups excluding carboxylic acids is 7. The molecule has 79 heavy (non-hydrogen) atoms. The van der Waals surface area contributed by atoms with Crippen molar-refractivity contribution in [2.75, 3.05) is 23.8 Å². The third-order valence-electron chi connectivity index (χ3n) is 18.7. The number of alkyl carbamates (subject to hydrolysis) is 2. The standard InChI is InChI=1S/C64H80N6O9/c1-38(2)54(69-59(77)79-60(4,5)6)56(74)66-39(3)55(73)68-43-26-22-41-24-28-52-62(8,50(41)34-43)30-16-32-64(52,10)70(37-71)57(75)63(9)31-15-29-61(7)49-33-42(25-21-40(49)23-27-51(61)63)67-53(72)35-65-58(76)78-36-48-46-19-13-11-17-44(46)45-18-12-14-20-47(45)48/h11-14,17-22,25-26,33-34,37-39,48,51-52,54H,15-16,23-24,27-32,35-36H2,1-10H3,(H,65,76)(H,66,74)(H,67,72)(H,68,73)(H,69,77)/t39-,51+,52+,54-,61+,62+,63-,64-/m0/s1. The Morgan fingerprint density at radius 3 is 1.82 bits per heavy atom. The summed E-state index contributed by atoms with van der Waals surface area (Å²) in [6.45, 7) is 18.9. The van der Waals surface area contributed by atoms with Crippen molar-refractivity contribution in [3.63, 3.8) is 0 Å². The Labute approximate surface area is 465 Å². The van der Waals surface area contributed by atoms with Gasteiger partial charge in [-0.2, -0.15) is 0 Å². The zero-order chi connectivity index (χ0) is 56.8. The lowest BCUT2D eigenvalue weighted by atomic mass is 9.48. The van der Waals surface area contributed by atoms with Crippen molar-refractivity contribution in [2.45, 2.75) is 173 Å². The van der Waals surface area contributed by atoms with E-state index in [0.717, 1.165) is 96.7 Å². The average molecular weight is 1080 g/mol. The molecule has 420 valence electrons. The van der Waals surface area contributed by atoms with Crippen LogP contribution in [0.25, 0.3) is 11.1 Å². The van der Waals surface area contributed by atoms with Gasteiger partial charge in [0.15, 0.2) is 0 Å². The van der Waals surface area contributed by atoms with Crippen molar-refractivity contribution in [3.8, 4) is 11.1 Å². The Kier molecular flexibility index (Phi) is 15.7. The molecule has 5 N–H and O–H groups in total. The van der Waals surface area contributed by atoms with E-state index < -0.39 is 69.4 Å². The van der Waals surface area contributed by atoms with Crippen LogP contribution in [0.5, 0.6) is 0 Å². The highest BCUT2D eigenvalue weighted by atomic mass is 16.6. The second-order valence-electron chi connectivity index (χ2n) is 25.3. The molecule has 5 aliphatic carbocycles. The molecule has 0 unspecified atom stereocenters. The first-order valence-electron chi connectivity index (χ1n) is 28.5. The molecular formula is C64H80N6O9. The number of ether oxygens (including phenoxy) is 2. The van der Waals surface area contributed by atoms with Crippen LogP contribution >= 0.6 is 0 Å². The first kappa shape index (κ1) is 56.7. The van der Waals surface area contributed by atoms with Crippen LogP contribution in [0.3, 0.4) is 0 Å². The second-order valence-corrected chi connectivity index (χ2v) is 25.3. The lowest BCUT2D eigenvalue weighted by Gasteiger charge is -2.60. The number of nitrogens with one attached hydrogen (secondary N) is 5. The van der Waals surface area contributed by atoms with Gasteiger partial charge >= 0.3 is 12.2 Å². The predicted octanol–water partition coefficient (Wildman–Crippen LogP) is 10.6. The van der Waals surface area contributed by atoms with E-state index in [-0.39, 0.29) is 42.7 Å². The first-order chi connectivity index (χ1) is 37.4. The van der Waals surface area contributed by atoms with Gasteiger partial charge in [-0.25, -0.2) is 9.59 Å². The smallest absolute Gasteiger partial charge is 0.408 e. The van der Waals surface area contributed by atoms with Crippen molar-refractivity contribution in [1.82, 2.24) is 20.9 Å². The molecule has 9 rings (SSSR count). The van der Waals surface area contributed by atoms with E-state index in [4.69, 9.17) is 9.47 Å². The van der Waals surface area contributed by atoms with Crippen molar-refractivity contribution in [3.05, 3.63) is 118 Å². The number of amides is 7. The summed E-state index contributed by atoms with van der Waals surface area (Å²) < 4.78 is 11.1. The molecule has 0 heterocycles. The van der Waals surface area contributed by atoms with Crippen LogP contribution in [0.15, 0.2) is 84.9 Å². The maximum absolute atomic E-state index is 15.6. The predicted molar refractivity (Wildman–Crippen MR) is 304 cm³/mol. The topological polar surface area (TPSA) is 201 Å². The van der Waals surface area contributed by atoms with Crippen LogP contribution in [0.1, 0.15) is 160 Å². The third kappa shape index (κ3) is 10.9. The largest absolute Gasteiger partial charge is 0.449 e. The van der Waals surface area contributed by atoms with Crippen LogP contribution in [-0.2, 0) is 57.1 Å². The fourth-order valence-corrected chi connectivity index (χ4v) is 14.9. The highest BCUT2D eigenvalue weighted by Gasteiger charge is 2.61. The van der Waals surface area contributed by atoms with Gasteiger partial charge in [-0.05, 0) is 183 Å². The first-order valence-corrected chi connectivity index (χ1v) is 28.5. The van der Waals surface area contributed by atoms with E-state index in [2.05, 4.69) is 90.7 Å². The molecule has 0 saturated heterocycles. The molecule has 0 aliphatic heterocycles. The fourth-order valence-electron chi connectivity index (χ4n) is 14.9. The maximum atomic E-state index is 15.6. The van der Waals surface area contributed by atoms with Gasteiger partial charge in [0.2, 0.25) is 30.0 Å². The van der Waals surface area contributed by atoms with Gasteiger partial charge in [0.05, 0.1) is 11.0 Å². The number of anilines is 2. The summed E-state index contributed by atoms with van der Waals surface area (Å²) >= 11 is 0. The van der Waals surface area contributed by atoms with E-state index >= 15 is 4.79 Å². The Morgan fingerprint density at radius 2 is 1.24 bits per heavy atom. The molecular weight excluding hydrogens is 997 g/mol. The van der Waals surface area contributed by atoms with E-state index in [0.29, 0.717) is 24.2 Å². The summed E-state index contributed by atoms with van der Waals surface area (Å²) in [4.78, 5) is 97.1. The number of benzene rings is 4. The van der Waals surface area contributed by atoms with Gasteiger partial charge in [-0.1, -0.05) is 108 Å². The molecule has 2 fully saturated rings. The monoisotopic (exact) mass is 1080 g/mol. The summed E-state index contributed by atoms with van der Waals surface area (Å²) in [5.74, 6) is -1.99. The fraction of sp³-hybridized carbons (Fsp3) is 0.516. The van der Waals surface area contributed by atoms with Crippen LogP contribution in [0.2, 0.25) is 0 Å². The number of imide groups is 1. The van der Waals surface area contributed by atoms with Crippen molar-refractivity contribution in [1.29, 1.82) is 0 Å². The van der Waals surface area contributed by atoms with E-state index in [1.54, 1.807) is 46.4 Å². The molecule has 15 heteroatoms. The molecule has 4 aromatic carbocycles. The molecule has 0 aromatic heterocycles. The van der Waals surface area contributed by atoms with Gasteiger partial charge in [-0.15, -0.1) is 0 Å². The van der Waals surface area contributed by atoms with Gasteiger partial charge in [0.25, 0.3) is 0 Å². The van der Waals surface area contributed by atoms with E-state index in [1.807, 2.05) is 48.5 Å². The summed E-state index contributed by atoms with van der Waals surface area (Å²) in [6, 6.07) is 26.4. The van der Waals surface area contributed by atoms with Gasteiger partial charge in [0.1, 0.15) is 30.8 Å². The Morgan fingerprint density at radius 1 is 0.684 bits per heavy atom. The van der Waals surface area contributed by atoms with Gasteiger partial charge < -0.3 is 36.1 Å². The maximum Gasteiger partial charge on any atom is 0.408 e. The van der Waals surface area contributed by atoms with Crippen molar-refractivity contribution in [2.24, 2.45) is 23.2 Å². The lowest BCUT2D eigenvalue weighted by molar-refractivity contribution is -0.166.